The van der Waals surface area contributed by atoms with Crippen molar-refractivity contribution in [1.82, 2.24) is 5.32 Å². The fourth-order valence-electron chi connectivity index (χ4n) is 1.74. The number of nitriles is 1. The molecule has 0 heterocycles. The Morgan fingerprint density at radius 2 is 1.95 bits per heavy atom. The van der Waals surface area contributed by atoms with E-state index in [-0.39, 0.29) is 4.90 Å². The number of ether oxygens (including phenoxy) is 1. The van der Waals surface area contributed by atoms with Gasteiger partial charge in [0.2, 0.25) is 0 Å². The van der Waals surface area contributed by atoms with Gasteiger partial charge in [-0.25, -0.2) is 8.42 Å². The zero-order chi connectivity index (χ0) is 15.9. The van der Waals surface area contributed by atoms with Gasteiger partial charge in [0, 0.05) is 12.7 Å². The van der Waals surface area contributed by atoms with Crippen molar-refractivity contribution in [1.29, 1.82) is 5.26 Å². The Hall–Kier alpha value is -1.58. The Kier molecular flexibility index (Phi) is 6.19. The highest BCUT2D eigenvalue weighted by Crippen LogP contribution is 2.17. The Balaban J connectivity index is 2.54. The molecular weight excluding hydrogens is 288 g/mol. The predicted molar refractivity (Wildman–Crippen MR) is 82.0 cm³/mol. The SMILES string of the molecule is CCCNC(C)(C#N)CCOc1ccc(S(C)(=O)=O)cc1. The minimum atomic E-state index is -3.19. The molecule has 0 amide bonds. The molecule has 0 saturated carbocycles. The maximum Gasteiger partial charge on any atom is 0.175 e. The van der Waals surface area contributed by atoms with Crippen molar-refractivity contribution in [3.05, 3.63) is 24.3 Å². The van der Waals surface area contributed by atoms with Gasteiger partial charge in [0.25, 0.3) is 0 Å². The van der Waals surface area contributed by atoms with E-state index in [1.165, 1.54) is 18.4 Å². The number of hydrogen-bond acceptors (Lipinski definition) is 5. The van der Waals surface area contributed by atoms with E-state index >= 15 is 0 Å². The van der Waals surface area contributed by atoms with Crippen LogP contribution in [0.15, 0.2) is 29.2 Å². The molecule has 0 aliphatic carbocycles. The standard InChI is InChI=1S/C15H22N2O3S/c1-4-10-17-15(2,12-16)9-11-20-13-5-7-14(8-6-13)21(3,18)19/h5-8,17H,4,9-11H2,1-3H3. The fraction of sp³-hybridized carbons (Fsp3) is 0.533. The van der Waals surface area contributed by atoms with Crippen molar-refractivity contribution in [3.8, 4) is 11.8 Å². The first kappa shape index (κ1) is 17.5. The maximum atomic E-state index is 11.3. The summed E-state index contributed by atoms with van der Waals surface area (Å²) in [6.45, 7) is 5.06. The molecule has 0 radical (unpaired) electrons. The molecule has 0 spiro atoms. The number of hydrogen-bond donors (Lipinski definition) is 1. The van der Waals surface area contributed by atoms with Crippen LogP contribution in [0.1, 0.15) is 26.7 Å². The number of sulfone groups is 1. The average molecular weight is 310 g/mol. The molecule has 1 rings (SSSR count). The van der Waals surface area contributed by atoms with E-state index in [0.717, 1.165) is 13.0 Å². The third-order valence-electron chi connectivity index (χ3n) is 3.13. The maximum absolute atomic E-state index is 11.3. The number of nitrogens with one attached hydrogen (secondary N) is 1. The van der Waals surface area contributed by atoms with Crippen LogP contribution < -0.4 is 10.1 Å². The minimum absolute atomic E-state index is 0.265. The first-order chi connectivity index (χ1) is 9.80. The highest BCUT2D eigenvalue weighted by molar-refractivity contribution is 7.90. The minimum Gasteiger partial charge on any atom is -0.493 e. The molecular formula is C15H22N2O3S. The third kappa shape index (κ3) is 5.74. The lowest BCUT2D eigenvalue weighted by Gasteiger charge is -2.23. The second-order valence-electron chi connectivity index (χ2n) is 5.21. The van der Waals surface area contributed by atoms with Crippen LogP contribution in [0.5, 0.6) is 5.75 Å². The summed E-state index contributed by atoms with van der Waals surface area (Å²) in [4.78, 5) is 0.265. The van der Waals surface area contributed by atoms with Crippen molar-refractivity contribution >= 4 is 9.84 Å². The second-order valence-corrected chi connectivity index (χ2v) is 7.23. The summed E-state index contributed by atoms with van der Waals surface area (Å²) in [6.07, 6.45) is 2.68. The van der Waals surface area contributed by atoms with E-state index in [4.69, 9.17) is 4.74 Å². The average Bonchev–Trinajstić information content (AvgIpc) is 2.45. The van der Waals surface area contributed by atoms with Crippen LogP contribution in [-0.2, 0) is 9.84 Å². The molecule has 1 atom stereocenters. The summed E-state index contributed by atoms with van der Waals surface area (Å²) >= 11 is 0. The van der Waals surface area contributed by atoms with Gasteiger partial charge < -0.3 is 4.74 Å². The molecule has 116 valence electrons. The molecule has 5 nitrogen and oxygen atoms in total. The zero-order valence-corrected chi connectivity index (χ0v) is 13.5. The molecule has 0 saturated heterocycles. The van der Waals surface area contributed by atoms with Crippen LogP contribution in [0.25, 0.3) is 0 Å². The number of benzene rings is 1. The van der Waals surface area contributed by atoms with Crippen molar-refractivity contribution in [3.63, 3.8) is 0 Å². The molecule has 6 heteroatoms. The number of nitrogens with zero attached hydrogens (tertiary/aromatic N) is 1. The summed E-state index contributed by atoms with van der Waals surface area (Å²) in [7, 11) is -3.19. The van der Waals surface area contributed by atoms with Gasteiger partial charge in [0.05, 0.1) is 17.6 Å². The lowest BCUT2D eigenvalue weighted by atomic mass is 10.0. The molecule has 0 bridgehead atoms. The van der Waals surface area contributed by atoms with Crippen molar-refractivity contribution < 1.29 is 13.2 Å². The van der Waals surface area contributed by atoms with Crippen LogP contribution in [0.2, 0.25) is 0 Å². The van der Waals surface area contributed by atoms with E-state index in [1.807, 2.05) is 13.8 Å². The highest BCUT2D eigenvalue weighted by Gasteiger charge is 2.22. The van der Waals surface area contributed by atoms with Crippen LogP contribution in [0.3, 0.4) is 0 Å². The van der Waals surface area contributed by atoms with E-state index < -0.39 is 15.4 Å². The molecule has 0 aromatic heterocycles. The molecule has 1 N–H and O–H groups in total. The molecule has 0 aliphatic rings. The van der Waals surface area contributed by atoms with Crippen molar-refractivity contribution in [2.24, 2.45) is 0 Å². The summed E-state index contributed by atoms with van der Waals surface area (Å²) < 4.78 is 28.3. The van der Waals surface area contributed by atoms with Gasteiger partial charge in [0.15, 0.2) is 9.84 Å². The van der Waals surface area contributed by atoms with Crippen LogP contribution in [0.4, 0.5) is 0 Å². The first-order valence-corrected chi connectivity index (χ1v) is 8.79. The van der Waals surface area contributed by atoms with Gasteiger partial charge in [-0.05, 0) is 44.2 Å². The molecule has 1 aromatic rings. The van der Waals surface area contributed by atoms with Gasteiger partial charge >= 0.3 is 0 Å². The highest BCUT2D eigenvalue weighted by atomic mass is 32.2. The van der Waals surface area contributed by atoms with Crippen molar-refractivity contribution in [2.75, 3.05) is 19.4 Å². The Bertz CT molecular complexity index is 590. The molecule has 21 heavy (non-hydrogen) atoms. The van der Waals surface area contributed by atoms with Crippen LogP contribution in [-0.4, -0.2) is 33.4 Å². The van der Waals surface area contributed by atoms with E-state index in [1.54, 1.807) is 12.1 Å². The summed E-state index contributed by atoms with van der Waals surface area (Å²) in [5, 5.41) is 12.4. The number of rotatable bonds is 8. The lowest BCUT2D eigenvalue weighted by Crippen LogP contribution is -2.42. The molecule has 0 fully saturated rings. The predicted octanol–water partition coefficient (Wildman–Crippen LogP) is 2.14. The Morgan fingerprint density at radius 3 is 2.43 bits per heavy atom. The lowest BCUT2D eigenvalue weighted by molar-refractivity contribution is 0.267. The topological polar surface area (TPSA) is 79.2 Å². The van der Waals surface area contributed by atoms with Gasteiger partial charge in [-0.2, -0.15) is 5.26 Å². The normalized spacial score (nSPS) is 14.2. The summed E-state index contributed by atoms with van der Waals surface area (Å²) in [6, 6.07) is 8.54. The summed E-state index contributed by atoms with van der Waals surface area (Å²) in [5.41, 5.74) is -0.608. The van der Waals surface area contributed by atoms with E-state index in [2.05, 4.69) is 11.4 Å². The zero-order valence-electron chi connectivity index (χ0n) is 12.7. The monoisotopic (exact) mass is 310 g/mol. The quantitative estimate of drug-likeness (QED) is 0.796. The van der Waals surface area contributed by atoms with E-state index in [9.17, 15) is 13.7 Å². The smallest absolute Gasteiger partial charge is 0.175 e. The Morgan fingerprint density at radius 1 is 1.33 bits per heavy atom. The van der Waals surface area contributed by atoms with Crippen molar-refractivity contribution in [2.45, 2.75) is 37.1 Å². The molecule has 1 unspecified atom stereocenters. The third-order valence-corrected chi connectivity index (χ3v) is 4.26. The summed E-state index contributed by atoms with van der Waals surface area (Å²) in [5.74, 6) is 0.596. The Labute approximate surface area is 126 Å². The van der Waals surface area contributed by atoms with Gasteiger partial charge in [-0.15, -0.1) is 0 Å². The fourth-order valence-corrected chi connectivity index (χ4v) is 2.37. The molecule has 0 aliphatic heterocycles. The van der Waals surface area contributed by atoms with Crippen LogP contribution in [0, 0.1) is 11.3 Å². The van der Waals surface area contributed by atoms with Gasteiger partial charge in [-0.1, -0.05) is 6.92 Å². The van der Waals surface area contributed by atoms with Gasteiger partial charge in [-0.3, -0.25) is 5.32 Å². The van der Waals surface area contributed by atoms with Crippen LogP contribution >= 0.6 is 0 Å². The molecule has 1 aromatic carbocycles. The first-order valence-electron chi connectivity index (χ1n) is 6.90. The van der Waals surface area contributed by atoms with E-state index in [0.29, 0.717) is 18.8 Å². The van der Waals surface area contributed by atoms with Gasteiger partial charge in [0.1, 0.15) is 11.3 Å². The second kappa shape index (κ2) is 7.43. The largest absolute Gasteiger partial charge is 0.493 e.